The Labute approximate surface area is 318 Å². The Morgan fingerprint density at radius 1 is 0.345 bits per heavy atom. The fraction of sp³-hybridized carbons (Fsp3) is 0. The maximum Gasteiger partial charge on any atom is 0.136 e. The minimum atomic E-state index is 0.880. The zero-order chi connectivity index (χ0) is 36.3. The van der Waals surface area contributed by atoms with Crippen LogP contribution in [0.25, 0.3) is 93.6 Å². The van der Waals surface area contributed by atoms with Crippen LogP contribution in [0.3, 0.4) is 0 Å². The number of aromatic nitrogens is 1. The van der Waals surface area contributed by atoms with Crippen LogP contribution in [0.2, 0.25) is 0 Å². The van der Waals surface area contributed by atoms with Crippen molar-refractivity contribution in [2.24, 2.45) is 0 Å². The quantitative estimate of drug-likeness (QED) is 0.187. The molecule has 0 fully saturated rings. The molecular weight excluding hydrogens is 669 g/mol. The average molecular weight is 703 g/mol. The summed E-state index contributed by atoms with van der Waals surface area (Å²) in [6, 6.07) is 71.7. The topological polar surface area (TPSA) is 30.1 Å². The van der Waals surface area contributed by atoms with Crippen molar-refractivity contribution in [1.29, 1.82) is 0 Å². The van der Waals surface area contributed by atoms with E-state index < -0.39 is 0 Å². The first-order valence-corrected chi connectivity index (χ1v) is 18.8. The molecule has 1 N–H and O–H groups in total. The van der Waals surface area contributed by atoms with E-state index in [0.717, 1.165) is 61.3 Å². The van der Waals surface area contributed by atoms with E-state index in [9.17, 15) is 0 Å². The first kappa shape index (κ1) is 31.2. The summed E-state index contributed by atoms with van der Waals surface area (Å²) in [5.74, 6) is 0. The lowest BCUT2D eigenvalue weighted by atomic mass is 9.95. The van der Waals surface area contributed by atoms with Crippen LogP contribution in [0.4, 0.5) is 11.4 Å². The Hall–Kier alpha value is -7.36. The van der Waals surface area contributed by atoms with Gasteiger partial charge in [-0.15, -0.1) is 0 Å². The number of furan rings is 1. The SMILES string of the molecule is c1ccc(-c2cccc(-n3c4ccccc4c4cc(-c5ccc(Nc6cccc7ccccc67)c(-c6ccc7c(c6)oc6ccccc67)c5)ccc43)c2)cc1. The summed E-state index contributed by atoms with van der Waals surface area (Å²) in [5.41, 5.74) is 14.3. The van der Waals surface area contributed by atoms with Crippen molar-refractivity contribution in [2.45, 2.75) is 0 Å². The third kappa shape index (κ3) is 5.28. The summed E-state index contributed by atoms with van der Waals surface area (Å²) in [6.45, 7) is 0. The van der Waals surface area contributed by atoms with E-state index >= 15 is 0 Å². The normalized spacial score (nSPS) is 11.6. The highest BCUT2D eigenvalue weighted by atomic mass is 16.3. The number of rotatable bonds is 6. The minimum Gasteiger partial charge on any atom is -0.456 e. The van der Waals surface area contributed by atoms with Gasteiger partial charge in [0.2, 0.25) is 0 Å². The number of hydrogen-bond donors (Lipinski definition) is 1. The van der Waals surface area contributed by atoms with Gasteiger partial charge in [0, 0.05) is 49.6 Å². The fourth-order valence-electron chi connectivity index (χ4n) is 8.33. The van der Waals surface area contributed by atoms with Crippen molar-refractivity contribution < 1.29 is 4.42 Å². The van der Waals surface area contributed by atoms with Crippen molar-refractivity contribution in [3.63, 3.8) is 0 Å². The molecule has 9 aromatic carbocycles. The van der Waals surface area contributed by atoms with Gasteiger partial charge in [0.05, 0.1) is 11.0 Å². The zero-order valence-corrected chi connectivity index (χ0v) is 29.9. The third-order valence-corrected chi connectivity index (χ3v) is 11.0. The smallest absolute Gasteiger partial charge is 0.136 e. The van der Waals surface area contributed by atoms with Gasteiger partial charge in [-0.2, -0.15) is 0 Å². The summed E-state index contributed by atoms with van der Waals surface area (Å²) in [4.78, 5) is 0. The maximum absolute atomic E-state index is 6.38. The van der Waals surface area contributed by atoms with E-state index in [1.165, 1.54) is 43.7 Å². The van der Waals surface area contributed by atoms with Crippen LogP contribution in [-0.4, -0.2) is 4.57 Å². The molecule has 0 bridgehead atoms. The molecule has 0 radical (unpaired) electrons. The number of fused-ring (bicyclic) bond motifs is 7. The summed E-state index contributed by atoms with van der Waals surface area (Å²) in [5, 5.41) is 10.9. The Balaban J connectivity index is 1.07. The van der Waals surface area contributed by atoms with Crippen molar-refractivity contribution in [3.05, 3.63) is 200 Å². The average Bonchev–Trinajstić information content (AvgIpc) is 3.79. The molecule has 0 saturated heterocycles. The monoisotopic (exact) mass is 702 g/mol. The van der Waals surface area contributed by atoms with Gasteiger partial charge in [0.1, 0.15) is 11.2 Å². The Bertz CT molecular complexity index is 3240. The van der Waals surface area contributed by atoms with Crippen LogP contribution in [0.1, 0.15) is 0 Å². The molecule has 2 heterocycles. The number of para-hydroxylation sites is 2. The van der Waals surface area contributed by atoms with Crippen molar-refractivity contribution in [3.8, 4) is 39.1 Å². The van der Waals surface area contributed by atoms with Crippen LogP contribution < -0.4 is 5.32 Å². The zero-order valence-electron chi connectivity index (χ0n) is 29.9. The van der Waals surface area contributed by atoms with Crippen molar-refractivity contribution >= 4 is 65.9 Å². The molecule has 0 atom stereocenters. The lowest BCUT2D eigenvalue weighted by Gasteiger charge is -2.16. The molecular formula is C52H34N2O. The second kappa shape index (κ2) is 12.6. The van der Waals surface area contributed by atoms with Crippen LogP contribution in [0.15, 0.2) is 205 Å². The highest BCUT2D eigenvalue weighted by Gasteiger charge is 2.17. The van der Waals surface area contributed by atoms with Gasteiger partial charge in [-0.25, -0.2) is 0 Å². The molecule has 0 aliphatic heterocycles. The van der Waals surface area contributed by atoms with E-state index in [-0.39, 0.29) is 0 Å². The van der Waals surface area contributed by atoms with Crippen LogP contribution in [-0.2, 0) is 0 Å². The third-order valence-electron chi connectivity index (χ3n) is 11.0. The molecule has 0 spiro atoms. The van der Waals surface area contributed by atoms with Gasteiger partial charge in [0.25, 0.3) is 0 Å². The highest BCUT2D eigenvalue weighted by molar-refractivity contribution is 6.11. The molecule has 2 aromatic heterocycles. The molecule has 0 aliphatic rings. The summed E-state index contributed by atoms with van der Waals surface area (Å²) >= 11 is 0. The standard InChI is InChI=1S/C52H34N2O/c1-2-12-34(13-3-1)36-16-10-17-40(30-36)54-49-22-8-6-19-42(49)46-32-38(26-29-50(46)54)37-25-28-48(53-47-21-11-15-35-14-4-5-18-41(35)47)45(31-37)39-24-27-44-43-20-7-9-23-51(43)55-52(44)33-39/h1-33,53H. The van der Waals surface area contributed by atoms with Crippen LogP contribution in [0.5, 0.6) is 0 Å². The van der Waals surface area contributed by atoms with E-state index in [0.29, 0.717) is 0 Å². The number of nitrogens with one attached hydrogen (secondary N) is 1. The van der Waals surface area contributed by atoms with E-state index in [1.807, 2.05) is 12.1 Å². The largest absolute Gasteiger partial charge is 0.456 e. The lowest BCUT2D eigenvalue weighted by molar-refractivity contribution is 0.669. The Morgan fingerprint density at radius 3 is 1.93 bits per heavy atom. The molecule has 0 saturated carbocycles. The second-order valence-corrected chi connectivity index (χ2v) is 14.2. The van der Waals surface area contributed by atoms with Gasteiger partial charge in [-0.1, -0.05) is 133 Å². The van der Waals surface area contributed by atoms with E-state index in [1.54, 1.807) is 0 Å². The van der Waals surface area contributed by atoms with Gasteiger partial charge < -0.3 is 14.3 Å². The van der Waals surface area contributed by atoms with Gasteiger partial charge in [-0.05, 0) is 99.9 Å². The Morgan fingerprint density at radius 2 is 1.00 bits per heavy atom. The molecule has 3 heteroatoms. The first-order valence-electron chi connectivity index (χ1n) is 18.8. The van der Waals surface area contributed by atoms with Gasteiger partial charge in [-0.3, -0.25) is 0 Å². The van der Waals surface area contributed by atoms with Crippen molar-refractivity contribution in [1.82, 2.24) is 4.57 Å². The lowest BCUT2D eigenvalue weighted by Crippen LogP contribution is -1.96. The van der Waals surface area contributed by atoms with E-state index in [4.69, 9.17) is 4.42 Å². The molecule has 11 rings (SSSR count). The van der Waals surface area contributed by atoms with Crippen LogP contribution >= 0.6 is 0 Å². The molecule has 0 amide bonds. The molecule has 258 valence electrons. The van der Waals surface area contributed by atoms with Crippen molar-refractivity contribution in [2.75, 3.05) is 5.32 Å². The van der Waals surface area contributed by atoms with E-state index in [2.05, 4.69) is 198 Å². The van der Waals surface area contributed by atoms with Gasteiger partial charge >= 0.3 is 0 Å². The summed E-state index contributed by atoms with van der Waals surface area (Å²) < 4.78 is 8.78. The summed E-state index contributed by atoms with van der Waals surface area (Å²) in [6.07, 6.45) is 0. The minimum absolute atomic E-state index is 0.880. The predicted molar refractivity (Wildman–Crippen MR) is 232 cm³/mol. The summed E-state index contributed by atoms with van der Waals surface area (Å²) in [7, 11) is 0. The number of benzene rings is 9. The number of nitrogens with zero attached hydrogens (tertiary/aromatic N) is 1. The Kier molecular flexibility index (Phi) is 7.17. The number of anilines is 2. The fourth-order valence-corrected chi connectivity index (χ4v) is 8.33. The second-order valence-electron chi connectivity index (χ2n) is 14.2. The molecule has 0 unspecified atom stereocenters. The molecule has 3 nitrogen and oxygen atoms in total. The van der Waals surface area contributed by atoms with Crippen LogP contribution in [0, 0.1) is 0 Å². The van der Waals surface area contributed by atoms with Gasteiger partial charge in [0.15, 0.2) is 0 Å². The maximum atomic E-state index is 6.38. The first-order chi connectivity index (χ1) is 27.2. The highest BCUT2D eigenvalue weighted by Crippen LogP contribution is 2.41. The number of hydrogen-bond acceptors (Lipinski definition) is 2. The molecule has 11 aromatic rings. The molecule has 55 heavy (non-hydrogen) atoms. The molecule has 0 aliphatic carbocycles. The predicted octanol–water partition coefficient (Wildman–Crippen LogP) is 14.6.